The molecule has 140 valence electrons. The van der Waals surface area contributed by atoms with Crippen LogP contribution in [0.5, 0.6) is 11.5 Å². The Kier molecular flexibility index (Phi) is 5.55. The number of hydrogen-bond acceptors (Lipinski definition) is 6. The molecule has 0 spiro atoms. The summed E-state index contributed by atoms with van der Waals surface area (Å²) in [6.07, 6.45) is 0.564. The van der Waals surface area contributed by atoms with Gasteiger partial charge < -0.3 is 14.6 Å². The van der Waals surface area contributed by atoms with Crippen molar-refractivity contribution in [3.05, 3.63) is 70.2 Å². The molecule has 8 nitrogen and oxygen atoms in total. The van der Waals surface area contributed by atoms with Crippen LogP contribution in [0.4, 0.5) is 0 Å². The second-order valence-electron chi connectivity index (χ2n) is 5.65. The summed E-state index contributed by atoms with van der Waals surface area (Å²) >= 11 is 0. The molecule has 0 fully saturated rings. The summed E-state index contributed by atoms with van der Waals surface area (Å²) in [7, 11) is 3.15. The molecule has 0 aliphatic heterocycles. The molecule has 1 aromatic heterocycles. The van der Waals surface area contributed by atoms with Gasteiger partial charge in [-0.25, -0.2) is 4.79 Å². The van der Waals surface area contributed by atoms with E-state index in [9.17, 15) is 9.90 Å². The third-order valence-corrected chi connectivity index (χ3v) is 3.99. The number of H-pyrrole nitrogens is 1. The molecule has 0 amide bonds. The van der Waals surface area contributed by atoms with Crippen molar-refractivity contribution in [3.63, 3.8) is 0 Å². The van der Waals surface area contributed by atoms with E-state index in [1.807, 2.05) is 24.3 Å². The third-order valence-electron chi connectivity index (χ3n) is 3.99. The van der Waals surface area contributed by atoms with E-state index >= 15 is 0 Å². The molecular weight excluding hydrogens is 350 g/mol. The number of nitrogens with zero attached hydrogens (tertiary/aromatic N) is 2. The van der Waals surface area contributed by atoms with Crippen LogP contribution < -0.4 is 24.9 Å². The van der Waals surface area contributed by atoms with Gasteiger partial charge in [0.1, 0.15) is 11.5 Å². The van der Waals surface area contributed by atoms with E-state index in [4.69, 9.17) is 14.0 Å². The first-order valence-electron chi connectivity index (χ1n) is 8.25. The SMILES string of the molecule is COc1ccc(CCN=C([O-])c2c(=O)o[nH][n+]2-c2ccc(OC)cc2)cc1. The lowest BCUT2D eigenvalue weighted by Gasteiger charge is -2.05. The van der Waals surface area contributed by atoms with Gasteiger partial charge in [-0.05, 0) is 46.2 Å². The third kappa shape index (κ3) is 4.17. The maximum absolute atomic E-state index is 12.4. The summed E-state index contributed by atoms with van der Waals surface area (Å²) in [6.45, 7) is 0.248. The molecule has 2 aromatic carbocycles. The molecular formula is C19H19N3O5. The molecule has 0 saturated heterocycles. The largest absolute Gasteiger partial charge is 0.854 e. The van der Waals surface area contributed by atoms with Crippen LogP contribution in [0.25, 0.3) is 5.69 Å². The van der Waals surface area contributed by atoms with Crippen LogP contribution in [-0.4, -0.2) is 31.9 Å². The molecule has 8 heteroatoms. The molecule has 0 aliphatic rings. The Labute approximate surface area is 155 Å². The van der Waals surface area contributed by atoms with Crippen molar-refractivity contribution in [1.29, 1.82) is 0 Å². The summed E-state index contributed by atoms with van der Waals surface area (Å²) in [6, 6.07) is 14.3. The summed E-state index contributed by atoms with van der Waals surface area (Å²) in [5.74, 6) is 0.772. The normalized spacial score (nSPS) is 11.4. The lowest BCUT2D eigenvalue weighted by Crippen LogP contribution is -2.44. The zero-order chi connectivity index (χ0) is 19.2. The van der Waals surface area contributed by atoms with Crippen molar-refractivity contribution in [2.75, 3.05) is 20.8 Å². The van der Waals surface area contributed by atoms with Gasteiger partial charge in [0.2, 0.25) is 5.69 Å². The molecule has 0 aliphatic carbocycles. The number of hydrogen-bond donors (Lipinski definition) is 1. The maximum atomic E-state index is 12.4. The number of benzene rings is 2. The van der Waals surface area contributed by atoms with Crippen LogP contribution >= 0.6 is 0 Å². The second kappa shape index (κ2) is 8.22. The summed E-state index contributed by atoms with van der Waals surface area (Å²) in [5.41, 5.74) is 0.603. The first kappa shape index (κ1) is 18.2. The molecule has 0 radical (unpaired) electrons. The first-order chi connectivity index (χ1) is 13.1. The molecule has 0 saturated carbocycles. The molecule has 27 heavy (non-hydrogen) atoms. The minimum Gasteiger partial charge on any atom is -0.854 e. The Bertz CT molecular complexity index is 972. The van der Waals surface area contributed by atoms with E-state index in [1.54, 1.807) is 38.5 Å². The highest BCUT2D eigenvalue weighted by molar-refractivity contribution is 5.86. The number of methoxy groups -OCH3 is 2. The Morgan fingerprint density at radius 2 is 1.67 bits per heavy atom. The standard InChI is InChI=1S/C19H19N3O5/c1-25-15-7-3-13(4-8-15)11-12-20-18(23)17-19(24)27-21-22(17)14-5-9-16(26-2)10-6-14/h3-10H,11-12H2,1-2H3,(H-,20,21,23,24). The van der Waals surface area contributed by atoms with Gasteiger partial charge >= 0.3 is 11.3 Å². The van der Waals surface area contributed by atoms with Crippen LogP contribution in [0.2, 0.25) is 0 Å². The van der Waals surface area contributed by atoms with E-state index in [2.05, 4.69) is 10.3 Å². The van der Waals surface area contributed by atoms with Crippen LogP contribution in [0.1, 0.15) is 11.3 Å². The van der Waals surface area contributed by atoms with E-state index in [0.29, 0.717) is 17.9 Å². The number of rotatable bonds is 7. The maximum Gasteiger partial charge on any atom is 0.436 e. The number of nitrogens with one attached hydrogen (secondary N) is 1. The Balaban J connectivity index is 1.77. The summed E-state index contributed by atoms with van der Waals surface area (Å²) < 4.78 is 16.2. The van der Waals surface area contributed by atoms with Gasteiger partial charge in [0.05, 0.1) is 20.1 Å². The molecule has 0 bridgehead atoms. The van der Waals surface area contributed by atoms with E-state index in [-0.39, 0.29) is 12.2 Å². The van der Waals surface area contributed by atoms with Crippen molar-refractivity contribution < 1.29 is 23.8 Å². The van der Waals surface area contributed by atoms with Crippen molar-refractivity contribution in [1.82, 2.24) is 5.27 Å². The van der Waals surface area contributed by atoms with Crippen molar-refractivity contribution >= 4 is 5.90 Å². The lowest BCUT2D eigenvalue weighted by molar-refractivity contribution is -0.673. The lowest BCUT2D eigenvalue weighted by atomic mass is 10.1. The molecule has 3 aromatic rings. The van der Waals surface area contributed by atoms with Gasteiger partial charge in [-0.2, -0.15) is 0 Å². The van der Waals surface area contributed by atoms with Gasteiger partial charge in [0, 0.05) is 18.7 Å². The zero-order valence-electron chi connectivity index (χ0n) is 15.0. The fourth-order valence-electron chi connectivity index (χ4n) is 2.52. The van der Waals surface area contributed by atoms with Gasteiger partial charge in [-0.3, -0.25) is 9.52 Å². The Morgan fingerprint density at radius 3 is 2.26 bits per heavy atom. The zero-order valence-corrected chi connectivity index (χ0v) is 15.0. The monoisotopic (exact) mass is 369 g/mol. The molecule has 0 atom stereocenters. The minimum atomic E-state index is -0.774. The van der Waals surface area contributed by atoms with E-state index in [1.165, 1.54) is 4.68 Å². The summed E-state index contributed by atoms with van der Waals surface area (Å²) in [5, 5.41) is 14.8. The van der Waals surface area contributed by atoms with E-state index < -0.39 is 11.5 Å². The van der Waals surface area contributed by atoms with E-state index in [0.717, 1.165) is 11.3 Å². The predicted molar refractivity (Wildman–Crippen MR) is 95.5 cm³/mol. The average Bonchev–Trinajstić information content (AvgIpc) is 3.10. The smallest absolute Gasteiger partial charge is 0.436 e. The number of aliphatic imine (C=N–C) groups is 1. The fourth-order valence-corrected chi connectivity index (χ4v) is 2.52. The highest BCUT2D eigenvalue weighted by Crippen LogP contribution is 2.12. The summed E-state index contributed by atoms with van der Waals surface area (Å²) in [4.78, 5) is 15.9. The van der Waals surface area contributed by atoms with Crippen LogP contribution in [0, 0.1) is 0 Å². The molecule has 3 rings (SSSR count). The van der Waals surface area contributed by atoms with Crippen molar-refractivity contribution in [3.8, 4) is 17.2 Å². The highest BCUT2D eigenvalue weighted by atomic mass is 16.5. The van der Waals surface area contributed by atoms with Gasteiger partial charge in [-0.1, -0.05) is 12.1 Å². The van der Waals surface area contributed by atoms with Crippen molar-refractivity contribution in [2.24, 2.45) is 4.99 Å². The molecule has 1 heterocycles. The quantitative estimate of drug-likeness (QED) is 0.373. The topological polar surface area (TPSA) is 104 Å². The molecule has 1 N–H and O–H groups in total. The van der Waals surface area contributed by atoms with Crippen LogP contribution in [0.15, 0.2) is 62.8 Å². The Hall–Kier alpha value is -3.55. The minimum absolute atomic E-state index is 0.185. The van der Waals surface area contributed by atoms with Gasteiger partial charge in [0.25, 0.3) is 0 Å². The number of ether oxygens (including phenoxy) is 2. The predicted octanol–water partition coefficient (Wildman–Crippen LogP) is 0.611. The second-order valence-corrected chi connectivity index (χ2v) is 5.65. The average molecular weight is 369 g/mol. The fraction of sp³-hybridized carbons (Fsp3) is 0.211. The number of aromatic amines is 1. The Morgan fingerprint density at radius 1 is 1.07 bits per heavy atom. The molecule has 0 unspecified atom stereocenters. The highest BCUT2D eigenvalue weighted by Gasteiger charge is 2.23. The van der Waals surface area contributed by atoms with Crippen molar-refractivity contribution in [2.45, 2.75) is 6.42 Å². The van der Waals surface area contributed by atoms with Crippen LogP contribution in [0.3, 0.4) is 0 Å². The first-order valence-corrected chi connectivity index (χ1v) is 8.25. The van der Waals surface area contributed by atoms with Gasteiger partial charge in [0.15, 0.2) is 0 Å². The van der Waals surface area contributed by atoms with Gasteiger partial charge in [-0.15, -0.1) is 0 Å². The van der Waals surface area contributed by atoms with Crippen LogP contribution in [-0.2, 0) is 6.42 Å². The number of aromatic nitrogens is 2.